The van der Waals surface area contributed by atoms with Gasteiger partial charge in [0, 0.05) is 11.7 Å². The van der Waals surface area contributed by atoms with Crippen molar-refractivity contribution in [1.29, 1.82) is 0 Å². The molecule has 2 N–H and O–H groups in total. The minimum atomic E-state index is -0.0723. The van der Waals surface area contributed by atoms with Gasteiger partial charge in [0.1, 0.15) is 0 Å². The third-order valence-electron chi connectivity index (χ3n) is 3.61. The van der Waals surface area contributed by atoms with Gasteiger partial charge in [-0.25, -0.2) is 4.79 Å². The van der Waals surface area contributed by atoms with Gasteiger partial charge in [-0.15, -0.1) is 0 Å². The number of nitrogens with one attached hydrogen (secondary N) is 2. The van der Waals surface area contributed by atoms with Crippen molar-refractivity contribution in [3.63, 3.8) is 0 Å². The van der Waals surface area contributed by atoms with Crippen LogP contribution < -0.4 is 10.6 Å². The summed E-state index contributed by atoms with van der Waals surface area (Å²) in [5.74, 6) is 0. The molecule has 2 rings (SSSR count). The van der Waals surface area contributed by atoms with E-state index < -0.39 is 0 Å². The first kappa shape index (κ1) is 12.9. The van der Waals surface area contributed by atoms with Crippen molar-refractivity contribution in [2.75, 3.05) is 5.32 Å². The van der Waals surface area contributed by atoms with E-state index in [0.29, 0.717) is 6.04 Å². The molecule has 2 amide bonds. The average Bonchev–Trinajstić information content (AvgIpc) is 2.76. The summed E-state index contributed by atoms with van der Waals surface area (Å²) >= 11 is 0. The predicted molar refractivity (Wildman–Crippen MR) is 75.1 cm³/mol. The molecule has 1 fully saturated rings. The molecule has 0 saturated heterocycles. The van der Waals surface area contributed by atoms with Crippen LogP contribution in [0.25, 0.3) is 0 Å². The van der Waals surface area contributed by atoms with E-state index in [0.717, 1.165) is 29.7 Å². The highest BCUT2D eigenvalue weighted by molar-refractivity contribution is 5.91. The summed E-state index contributed by atoms with van der Waals surface area (Å²) in [5, 5.41) is 6.03. The molecule has 0 aromatic heterocycles. The second-order valence-electron chi connectivity index (χ2n) is 5.35. The zero-order chi connectivity index (χ0) is 13.1. The monoisotopic (exact) mass is 246 g/mol. The highest BCUT2D eigenvalue weighted by Gasteiger charge is 2.17. The maximum Gasteiger partial charge on any atom is 0.319 e. The van der Waals surface area contributed by atoms with E-state index in [4.69, 9.17) is 0 Å². The van der Waals surface area contributed by atoms with Gasteiger partial charge in [-0.2, -0.15) is 0 Å². The van der Waals surface area contributed by atoms with Crippen LogP contribution in [0.2, 0.25) is 0 Å². The molecule has 1 saturated carbocycles. The van der Waals surface area contributed by atoms with Gasteiger partial charge in [0.15, 0.2) is 0 Å². The zero-order valence-electron chi connectivity index (χ0n) is 11.5. The topological polar surface area (TPSA) is 41.1 Å². The van der Waals surface area contributed by atoms with Gasteiger partial charge in [-0.05, 0) is 44.7 Å². The van der Waals surface area contributed by atoms with Crippen LogP contribution >= 0.6 is 0 Å². The summed E-state index contributed by atoms with van der Waals surface area (Å²) in [7, 11) is 0. The third kappa shape index (κ3) is 3.03. The highest BCUT2D eigenvalue weighted by Crippen LogP contribution is 2.22. The van der Waals surface area contributed by atoms with Crippen molar-refractivity contribution in [3.8, 4) is 0 Å². The normalized spacial score (nSPS) is 15.7. The lowest BCUT2D eigenvalue weighted by atomic mass is 10.1. The lowest BCUT2D eigenvalue weighted by Gasteiger charge is -2.16. The van der Waals surface area contributed by atoms with Crippen molar-refractivity contribution < 1.29 is 4.79 Å². The molecule has 0 unspecified atom stereocenters. The Bertz CT molecular complexity index is 425. The number of urea groups is 1. The van der Waals surface area contributed by atoms with Crippen LogP contribution in [0.1, 0.15) is 42.4 Å². The van der Waals surface area contributed by atoms with Crippen LogP contribution in [0.15, 0.2) is 12.1 Å². The fourth-order valence-electron chi connectivity index (χ4n) is 2.78. The van der Waals surface area contributed by atoms with Gasteiger partial charge in [0.2, 0.25) is 0 Å². The molecule has 3 heteroatoms. The molecule has 1 aromatic carbocycles. The summed E-state index contributed by atoms with van der Waals surface area (Å²) in [6.07, 6.45) is 4.68. The van der Waals surface area contributed by atoms with Crippen LogP contribution in [-0.2, 0) is 0 Å². The van der Waals surface area contributed by atoms with Crippen molar-refractivity contribution in [2.45, 2.75) is 52.5 Å². The molecule has 18 heavy (non-hydrogen) atoms. The molecule has 0 heterocycles. The maximum absolute atomic E-state index is 11.9. The molecular formula is C15H22N2O. The Labute approximate surface area is 109 Å². The predicted octanol–water partition coefficient (Wildman–Crippen LogP) is 3.68. The minimum absolute atomic E-state index is 0.0723. The minimum Gasteiger partial charge on any atom is -0.335 e. The highest BCUT2D eigenvalue weighted by atomic mass is 16.2. The largest absolute Gasteiger partial charge is 0.335 e. The third-order valence-corrected chi connectivity index (χ3v) is 3.61. The molecule has 0 aliphatic heterocycles. The standard InChI is InChI=1S/C15H22N2O/c1-10-8-11(2)14(12(3)9-10)17-15(18)16-13-6-4-5-7-13/h8-9,13H,4-7H2,1-3H3,(H2,16,17,18). The van der Waals surface area contributed by atoms with Crippen LogP contribution in [0.5, 0.6) is 0 Å². The van der Waals surface area contributed by atoms with Crippen LogP contribution in [0, 0.1) is 20.8 Å². The van der Waals surface area contributed by atoms with E-state index in [9.17, 15) is 4.79 Å². The number of carbonyl (C=O) groups is 1. The van der Waals surface area contributed by atoms with E-state index in [1.165, 1.54) is 18.4 Å². The van der Waals surface area contributed by atoms with Crippen molar-refractivity contribution >= 4 is 11.7 Å². The Hall–Kier alpha value is -1.51. The Balaban J connectivity index is 2.02. The average molecular weight is 246 g/mol. The number of carbonyl (C=O) groups excluding carboxylic acids is 1. The summed E-state index contributed by atoms with van der Waals surface area (Å²) < 4.78 is 0. The molecule has 3 nitrogen and oxygen atoms in total. The fraction of sp³-hybridized carbons (Fsp3) is 0.533. The molecular weight excluding hydrogens is 224 g/mol. The lowest BCUT2D eigenvalue weighted by molar-refractivity contribution is 0.248. The maximum atomic E-state index is 11.9. The molecule has 0 atom stereocenters. The summed E-state index contributed by atoms with van der Waals surface area (Å²) in [4.78, 5) is 11.9. The number of hydrogen-bond donors (Lipinski definition) is 2. The molecule has 98 valence electrons. The SMILES string of the molecule is Cc1cc(C)c(NC(=O)NC2CCCC2)c(C)c1. The Morgan fingerprint density at radius 3 is 2.22 bits per heavy atom. The molecule has 1 aromatic rings. The molecule has 1 aliphatic rings. The zero-order valence-corrected chi connectivity index (χ0v) is 11.5. The first-order valence-electron chi connectivity index (χ1n) is 6.71. The number of aryl methyl sites for hydroxylation is 3. The summed E-state index contributed by atoms with van der Waals surface area (Å²) in [5.41, 5.74) is 4.41. The number of amides is 2. The van der Waals surface area contributed by atoms with E-state index in [1.807, 2.05) is 13.8 Å². The molecule has 0 spiro atoms. The summed E-state index contributed by atoms with van der Waals surface area (Å²) in [6.45, 7) is 6.14. The van der Waals surface area contributed by atoms with Crippen LogP contribution in [0.3, 0.4) is 0 Å². The number of anilines is 1. The van der Waals surface area contributed by atoms with Gasteiger partial charge in [0.05, 0.1) is 0 Å². The van der Waals surface area contributed by atoms with Gasteiger partial charge in [-0.3, -0.25) is 0 Å². The van der Waals surface area contributed by atoms with E-state index in [-0.39, 0.29) is 6.03 Å². The van der Waals surface area contributed by atoms with E-state index in [2.05, 4.69) is 29.7 Å². The molecule has 1 aliphatic carbocycles. The van der Waals surface area contributed by atoms with Crippen LogP contribution in [-0.4, -0.2) is 12.1 Å². The second-order valence-corrected chi connectivity index (χ2v) is 5.35. The summed E-state index contributed by atoms with van der Waals surface area (Å²) in [6, 6.07) is 4.48. The molecule has 0 radical (unpaired) electrons. The Morgan fingerprint density at radius 1 is 1.11 bits per heavy atom. The Kier molecular flexibility index (Phi) is 3.90. The van der Waals surface area contributed by atoms with Crippen molar-refractivity contribution in [2.24, 2.45) is 0 Å². The number of benzene rings is 1. The quantitative estimate of drug-likeness (QED) is 0.821. The van der Waals surface area contributed by atoms with E-state index >= 15 is 0 Å². The number of hydrogen-bond acceptors (Lipinski definition) is 1. The van der Waals surface area contributed by atoms with Gasteiger partial charge in [0.25, 0.3) is 0 Å². The van der Waals surface area contributed by atoms with E-state index in [1.54, 1.807) is 0 Å². The van der Waals surface area contributed by atoms with Gasteiger partial charge >= 0.3 is 6.03 Å². The molecule has 0 bridgehead atoms. The second kappa shape index (κ2) is 5.42. The number of rotatable bonds is 2. The lowest BCUT2D eigenvalue weighted by Crippen LogP contribution is -2.36. The van der Waals surface area contributed by atoms with Gasteiger partial charge in [-0.1, -0.05) is 30.5 Å². The smallest absolute Gasteiger partial charge is 0.319 e. The van der Waals surface area contributed by atoms with Crippen molar-refractivity contribution in [3.05, 3.63) is 28.8 Å². The van der Waals surface area contributed by atoms with Crippen LogP contribution in [0.4, 0.5) is 10.5 Å². The fourth-order valence-corrected chi connectivity index (χ4v) is 2.78. The first-order valence-corrected chi connectivity index (χ1v) is 6.71. The first-order chi connectivity index (χ1) is 8.56. The van der Waals surface area contributed by atoms with Gasteiger partial charge < -0.3 is 10.6 Å². The van der Waals surface area contributed by atoms with Crippen molar-refractivity contribution in [1.82, 2.24) is 5.32 Å². The Morgan fingerprint density at radius 2 is 1.67 bits per heavy atom.